The SMILES string of the molecule is C#CC1CC(=O)N([C@@H](CO)C(=O)O)C1. The van der Waals surface area contributed by atoms with E-state index in [0.717, 1.165) is 4.90 Å². The van der Waals surface area contributed by atoms with Crippen molar-refractivity contribution in [2.24, 2.45) is 5.92 Å². The van der Waals surface area contributed by atoms with E-state index in [1.807, 2.05) is 0 Å². The van der Waals surface area contributed by atoms with Crippen LogP contribution in [0.15, 0.2) is 0 Å². The summed E-state index contributed by atoms with van der Waals surface area (Å²) < 4.78 is 0. The van der Waals surface area contributed by atoms with E-state index in [1.165, 1.54) is 0 Å². The Balaban J connectivity index is 2.74. The third-order valence-corrected chi connectivity index (χ3v) is 2.23. The molecule has 1 fully saturated rings. The monoisotopic (exact) mass is 197 g/mol. The van der Waals surface area contributed by atoms with Crippen LogP contribution in [0.4, 0.5) is 0 Å². The van der Waals surface area contributed by atoms with Crippen molar-refractivity contribution in [1.82, 2.24) is 4.90 Å². The summed E-state index contributed by atoms with van der Waals surface area (Å²) in [6.07, 6.45) is 5.30. The molecule has 1 amide bonds. The van der Waals surface area contributed by atoms with Crippen LogP contribution in [0, 0.1) is 18.3 Å². The Morgan fingerprint density at radius 1 is 1.79 bits per heavy atom. The van der Waals surface area contributed by atoms with Gasteiger partial charge in [-0.3, -0.25) is 4.79 Å². The highest BCUT2D eigenvalue weighted by atomic mass is 16.4. The van der Waals surface area contributed by atoms with Crippen molar-refractivity contribution >= 4 is 11.9 Å². The van der Waals surface area contributed by atoms with E-state index in [9.17, 15) is 9.59 Å². The number of carboxylic acids is 1. The van der Waals surface area contributed by atoms with E-state index >= 15 is 0 Å². The van der Waals surface area contributed by atoms with Crippen molar-refractivity contribution in [3.8, 4) is 12.3 Å². The van der Waals surface area contributed by atoms with Gasteiger partial charge >= 0.3 is 5.97 Å². The molecule has 1 saturated heterocycles. The van der Waals surface area contributed by atoms with Gasteiger partial charge in [0.15, 0.2) is 6.04 Å². The fraction of sp³-hybridized carbons (Fsp3) is 0.556. The van der Waals surface area contributed by atoms with Crippen LogP contribution in [0.25, 0.3) is 0 Å². The molecule has 1 heterocycles. The standard InChI is InChI=1S/C9H11NO4/c1-2-6-3-8(12)10(4-6)7(5-11)9(13)14/h1,6-7,11H,3-5H2,(H,13,14)/t6?,7-/m0/s1. The Morgan fingerprint density at radius 2 is 2.43 bits per heavy atom. The van der Waals surface area contributed by atoms with Gasteiger partial charge in [0.05, 0.1) is 6.61 Å². The summed E-state index contributed by atoms with van der Waals surface area (Å²) in [5, 5.41) is 17.5. The Kier molecular flexibility index (Phi) is 3.10. The van der Waals surface area contributed by atoms with E-state index in [1.54, 1.807) is 0 Å². The second-order valence-corrected chi connectivity index (χ2v) is 3.15. The number of aliphatic carboxylic acids is 1. The lowest BCUT2D eigenvalue weighted by Crippen LogP contribution is -2.44. The Bertz CT molecular complexity index is 294. The molecular weight excluding hydrogens is 186 g/mol. The van der Waals surface area contributed by atoms with E-state index in [0.29, 0.717) is 0 Å². The summed E-state index contributed by atoms with van der Waals surface area (Å²) in [6, 6.07) is -1.17. The number of aliphatic hydroxyl groups is 1. The maximum Gasteiger partial charge on any atom is 0.328 e. The summed E-state index contributed by atoms with van der Waals surface area (Å²) >= 11 is 0. The molecule has 2 atom stereocenters. The number of carbonyl (C=O) groups is 2. The van der Waals surface area contributed by atoms with Crippen molar-refractivity contribution in [2.45, 2.75) is 12.5 Å². The van der Waals surface area contributed by atoms with E-state index in [-0.39, 0.29) is 24.8 Å². The predicted octanol–water partition coefficient (Wildman–Crippen LogP) is -1.09. The zero-order valence-corrected chi connectivity index (χ0v) is 7.51. The lowest BCUT2D eigenvalue weighted by Gasteiger charge is -2.22. The van der Waals surface area contributed by atoms with Gasteiger partial charge in [-0.25, -0.2) is 4.79 Å². The Labute approximate surface area is 81.3 Å². The van der Waals surface area contributed by atoms with Crippen molar-refractivity contribution in [2.75, 3.05) is 13.2 Å². The van der Waals surface area contributed by atoms with E-state index < -0.39 is 18.6 Å². The van der Waals surface area contributed by atoms with Gasteiger partial charge in [-0.05, 0) is 0 Å². The first-order chi connectivity index (χ1) is 6.60. The van der Waals surface area contributed by atoms with Gasteiger partial charge in [0.1, 0.15) is 0 Å². The van der Waals surface area contributed by atoms with Gasteiger partial charge in [-0.15, -0.1) is 12.3 Å². The number of hydrogen-bond acceptors (Lipinski definition) is 3. The first-order valence-corrected chi connectivity index (χ1v) is 4.19. The molecule has 0 aromatic carbocycles. The van der Waals surface area contributed by atoms with Crippen LogP contribution in [-0.4, -0.2) is 46.2 Å². The van der Waals surface area contributed by atoms with Gasteiger partial charge < -0.3 is 15.1 Å². The first kappa shape index (κ1) is 10.5. The second kappa shape index (κ2) is 4.11. The summed E-state index contributed by atoms with van der Waals surface area (Å²) in [6.45, 7) is -0.370. The van der Waals surface area contributed by atoms with Crippen molar-refractivity contribution in [3.05, 3.63) is 0 Å². The molecule has 0 radical (unpaired) electrons. The highest BCUT2D eigenvalue weighted by Gasteiger charge is 2.36. The topological polar surface area (TPSA) is 77.8 Å². The van der Waals surface area contributed by atoms with Crippen molar-refractivity contribution in [1.29, 1.82) is 0 Å². The lowest BCUT2D eigenvalue weighted by molar-refractivity contribution is -0.149. The van der Waals surface area contributed by atoms with Gasteiger partial charge in [-0.2, -0.15) is 0 Å². The number of terminal acetylenes is 1. The molecule has 5 nitrogen and oxygen atoms in total. The second-order valence-electron chi connectivity index (χ2n) is 3.15. The molecule has 2 N–H and O–H groups in total. The summed E-state index contributed by atoms with van der Waals surface area (Å²) in [5.41, 5.74) is 0. The van der Waals surface area contributed by atoms with Gasteiger partial charge in [0, 0.05) is 18.9 Å². The van der Waals surface area contributed by atoms with E-state index in [2.05, 4.69) is 5.92 Å². The number of nitrogens with zero attached hydrogens (tertiary/aromatic N) is 1. The Hall–Kier alpha value is -1.54. The third kappa shape index (κ3) is 1.86. The fourth-order valence-corrected chi connectivity index (χ4v) is 1.45. The van der Waals surface area contributed by atoms with Crippen molar-refractivity contribution in [3.63, 3.8) is 0 Å². The Morgan fingerprint density at radius 3 is 2.79 bits per heavy atom. The number of rotatable bonds is 3. The van der Waals surface area contributed by atoms with Crippen LogP contribution in [0.5, 0.6) is 0 Å². The first-order valence-electron chi connectivity index (χ1n) is 4.19. The lowest BCUT2D eigenvalue weighted by atomic mass is 10.1. The van der Waals surface area contributed by atoms with Gasteiger partial charge in [0.25, 0.3) is 0 Å². The molecule has 0 aromatic heterocycles. The highest BCUT2D eigenvalue weighted by molar-refractivity contribution is 5.85. The van der Waals surface area contributed by atoms with Crippen LogP contribution in [-0.2, 0) is 9.59 Å². The number of hydrogen-bond donors (Lipinski definition) is 2. The van der Waals surface area contributed by atoms with Crippen LogP contribution in [0.3, 0.4) is 0 Å². The maximum atomic E-state index is 11.3. The van der Waals surface area contributed by atoms with Crippen LogP contribution in [0.2, 0.25) is 0 Å². The summed E-state index contributed by atoms with van der Waals surface area (Å²) in [5.74, 6) is 0.645. The number of amides is 1. The van der Waals surface area contributed by atoms with Gasteiger partial charge in [-0.1, -0.05) is 0 Å². The van der Waals surface area contributed by atoms with E-state index in [4.69, 9.17) is 16.6 Å². The van der Waals surface area contributed by atoms with Gasteiger partial charge in [0.2, 0.25) is 5.91 Å². The largest absolute Gasteiger partial charge is 0.480 e. The van der Waals surface area contributed by atoms with Crippen LogP contribution in [0.1, 0.15) is 6.42 Å². The summed E-state index contributed by atoms with van der Waals surface area (Å²) in [4.78, 5) is 23.1. The van der Waals surface area contributed by atoms with Crippen LogP contribution >= 0.6 is 0 Å². The quantitative estimate of drug-likeness (QED) is 0.564. The number of aliphatic hydroxyl groups excluding tert-OH is 1. The number of carboxylic acid groups (broad SMARTS) is 1. The molecule has 76 valence electrons. The molecule has 0 aliphatic carbocycles. The minimum absolute atomic E-state index is 0.167. The molecule has 1 unspecified atom stereocenters. The smallest absolute Gasteiger partial charge is 0.328 e. The minimum atomic E-state index is -1.21. The summed E-state index contributed by atoms with van der Waals surface area (Å²) in [7, 11) is 0. The zero-order valence-electron chi connectivity index (χ0n) is 7.51. The maximum absolute atomic E-state index is 11.3. The molecule has 0 bridgehead atoms. The number of likely N-dealkylation sites (tertiary alicyclic amines) is 1. The molecule has 14 heavy (non-hydrogen) atoms. The normalized spacial score (nSPS) is 23.3. The molecule has 1 aliphatic rings. The molecule has 1 aliphatic heterocycles. The third-order valence-electron chi connectivity index (χ3n) is 2.23. The molecule has 0 spiro atoms. The number of carbonyl (C=O) groups excluding carboxylic acids is 1. The molecule has 0 saturated carbocycles. The average molecular weight is 197 g/mol. The minimum Gasteiger partial charge on any atom is -0.480 e. The molecule has 5 heteroatoms. The molecular formula is C9H11NO4. The highest BCUT2D eigenvalue weighted by Crippen LogP contribution is 2.19. The van der Waals surface area contributed by atoms with Crippen molar-refractivity contribution < 1.29 is 19.8 Å². The zero-order chi connectivity index (χ0) is 10.7. The molecule has 1 rings (SSSR count). The predicted molar refractivity (Wildman–Crippen MR) is 47.2 cm³/mol. The molecule has 0 aromatic rings. The van der Waals surface area contributed by atoms with Crippen LogP contribution < -0.4 is 0 Å². The average Bonchev–Trinajstić information content (AvgIpc) is 2.48. The fourth-order valence-electron chi connectivity index (χ4n) is 1.45.